The van der Waals surface area contributed by atoms with Gasteiger partial charge in [0.2, 0.25) is 0 Å². The molecular formula is C12H22N2O5. The third-order valence-electron chi connectivity index (χ3n) is 2.63. The molecule has 7 heteroatoms. The minimum absolute atomic E-state index is 0.0147. The molecule has 0 bridgehead atoms. The molecule has 19 heavy (non-hydrogen) atoms. The first-order valence-corrected chi connectivity index (χ1v) is 6.00. The van der Waals surface area contributed by atoms with E-state index in [4.69, 9.17) is 5.11 Å². The van der Waals surface area contributed by atoms with Crippen LogP contribution >= 0.6 is 0 Å². The zero-order valence-electron chi connectivity index (χ0n) is 11.9. The lowest BCUT2D eigenvalue weighted by atomic mass is 9.99. The van der Waals surface area contributed by atoms with E-state index in [2.05, 4.69) is 10.1 Å². The number of nitrogens with zero attached hydrogens (tertiary/aromatic N) is 1. The standard InChI is InChI=1S/C12H22N2O5/c1-12(2,7-5-9(15)16)13-11(18)14(3)8-6-10(17)19-4/h5-8H2,1-4H3,(H,13,18)(H,15,16). The molecule has 0 aromatic carbocycles. The molecule has 0 spiro atoms. The van der Waals surface area contributed by atoms with Gasteiger partial charge >= 0.3 is 18.0 Å². The Morgan fingerprint density at radius 1 is 1.26 bits per heavy atom. The van der Waals surface area contributed by atoms with E-state index in [1.54, 1.807) is 20.9 Å². The molecular weight excluding hydrogens is 252 g/mol. The van der Waals surface area contributed by atoms with E-state index in [1.165, 1.54) is 12.0 Å². The summed E-state index contributed by atoms with van der Waals surface area (Å²) < 4.78 is 4.48. The molecule has 0 fully saturated rings. The third kappa shape index (κ3) is 8.01. The maximum absolute atomic E-state index is 11.8. The summed E-state index contributed by atoms with van der Waals surface area (Å²) in [7, 11) is 2.85. The first kappa shape index (κ1) is 17.2. The van der Waals surface area contributed by atoms with E-state index in [9.17, 15) is 14.4 Å². The molecule has 0 aliphatic carbocycles. The molecule has 0 aromatic rings. The van der Waals surface area contributed by atoms with Crippen LogP contribution in [0.4, 0.5) is 4.79 Å². The Bertz CT molecular complexity index is 341. The van der Waals surface area contributed by atoms with Crippen molar-refractivity contribution in [3.8, 4) is 0 Å². The number of hydrogen-bond donors (Lipinski definition) is 2. The molecule has 2 amide bonds. The first-order chi connectivity index (χ1) is 8.68. The maximum atomic E-state index is 11.8. The quantitative estimate of drug-likeness (QED) is 0.670. The molecule has 110 valence electrons. The third-order valence-corrected chi connectivity index (χ3v) is 2.63. The Morgan fingerprint density at radius 3 is 2.32 bits per heavy atom. The van der Waals surface area contributed by atoms with E-state index in [1.807, 2.05) is 0 Å². The van der Waals surface area contributed by atoms with Gasteiger partial charge in [-0.3, -0.25) is 9.59 Å². The SMILES string of the molecule is COC(=O)CCN(C)C(=O)NC(C)(C)CCC(=O)O. The van der Waals surface area contributed by atoms with Crippen molar-refractivity contribution in [2.24, 2.45) is 0 Å². The molecule has 2 N–H and O–H groups in total. The van der Waals surface area contributed by atoms with E-state index in [-0.39, 0.29) is 31.4 Å². The van der Waals surface area contributed by atoms with Gasteiger partial charge in [0.15, 0.2) is 0 Å². The molecule has 0 aliphatic heterocycles. The zero-order chi connectivity index (χ0) is 15.1. The number of carboxylic acids is 1. The van der Waals surface area contributed by atoms with Crippen molar-refractivity contribution in [3.63, 3.8) is 0 Å². The fourth-order valence-corrected chi connectivity index (χ4v) is 1.33. The van der Waals surface area contributed by atoms with Crippen LogP contribution < -0.4 is 5.32 Å². The van der Waals surface area contributed by atoms with Crippen LogP contribution in [0.25, 0.3) is 0 Å². The van der Waals surface area contributed by atoms with Crippen molar-refractivity contribution in [1.82, 2.24) is 10.2 Å². The van der Waals surface area contributed by atoms with Crippen molar-refractivity contribution < 1.29 is 24.2 Å². The molecule has 0 saturated carbocycles. The van der Waals surface area contributed by atoms with Gasteiger partial charge in [0, 0.05) is 25.6 Å². The van der Waals surface area contributed by atoms with Crippen LogP contribution in [0.15, 0.2) is 0 Å². The summed E-state index contributed by atoms with van der Waals surface area (Å²) in [4.78, 5) is 34.6. The summed E-state index contributed by atoms with van der Waals surface area (Å²) in [6, 6.07) is -0.348. The predicted octanol–water partition coefficient (Wildman–Crippen LogP) is 0.834. The number of aliphatic carboxylic acids is 1. The van der Waals surface area contributed by atoms with Gasteiger partial charge in [0.05, 0.1) is 13.5 Å². The number of rotatable bonds is 7. The molecule has 7 nitrogen and oxygen atoms in total. The minimum atomic E-state index is -0.902. The van der Waals surface area contributed by atoms with Crippen LogP contribution in [-0.4, -0.2) is 54.2 Å². The van der Waals surface area contributed by atoms with Crippen molar-refractivity contribution in [2.75, 3.05) is 20.7 Å². The summed E-state index contributed by atoms with van der Waals surface area (Å²) in [6.07, 6.45) is 0.439. The van der Waals surface area contributed by atoms with E-state index in [0.717, 1.165) is 0 Å². The zero-order valence-corrected chi connectivity index (χ0v) is 11.9. The topological polar surface area (TPSA) is 95.9 Å². The van der Waals surface area contributed by atoms with Crippen LogP contribution in [-0.2, 0) is 14.3 Å². The summed E-state index contributed by atoms with van der Waals surface area (Å²) in [5.41, 5.74) is -0.616. The summed E-state index contributed by atoms with van der Waals surface area (Å²) >= 11 is 0. The van der Waals surface area contributed by atoms with Crippen LogP contribution in [0.2, 0.25) is 0 Å². The average Bonchev–Trinajstić information content (AvgIpc) is 2.32. The lowest BCUT2D eigenvalue weighted by Gasteiger charge is -2.28. The predicted molar refractivity (Wildman–Crippen MR) is 68.7 cm³/mol. The summed E-state index contributed by atoms with van der Waals surface area (Å²) in [6.45, 7) is 3.75. The molecule has 0 aromatic heterocycles. The van der Waals surface area contributed by atoms with Gasteiger partial charge in [-0.05, 0) is 20.3 Å². The Morgan fingerprint density at radius 2 is 1.84 bits per heavy atom. The van der Waals surface area contributed by atoms with Gasteiger partial charge in [-0.1, -0.05) is 0 Å². The number of carbonyl (C=O) groups is 3. The molecule has 0 heterocycles. The van der Waals surface area contributed by atoms with E-state index < -0.39 is 11.5 Å². The second-order valence-electron chi connectivity index (χ2n) is 4.96. The Labute approximate surface area is 112 Å². The molecule has 0 rings (SSSR count). The Kier molecular flexibility index (Phi) is 6.89. The Balaban J connectivity index is 4.19. The highest BCUT2D eigenvalue weighted by Gasteiger charge is 2.23. The van der Waals surface area contributed by atoms with Crippen molar-refractivity contribution in [2.45, 2.75) is 38.6 Å². The second kappa shape index (κ2) is 7.60. The van der Waals surface area contributed by atoms with Gasteiger partial charge in [0.25, 0.3) is 0 Å². The number of hydrogen-bond acceptors (Lipinski definition) is 4. The highest BCUT2D eigenvalue weighted by Crippen LogP contribution is 2.11. The number of ether oxygens (including phenoxy) is 1. The van der Waals surface area contributed by atoms with Gasteiger partial charge in [0.1, 0.15) is 0 Å². The van der Waals surface area contributed by atoms with Crippen LogP contribution in [0.1, 0.15) is 33.1 Å². The Hall–Kier alpha value is -1.79. The van der Waals surface area contributed by atoms with Crippen molar-refractivity contribution in [3.05, 3.63) is 0 Å². The lowest BCUT2D eigenvalue weighted by Crippen LogP contribution is -2.49. The van der Waals surface area contributed by atoms with E-state index in [0.29, 0.717) is 6.42 Å². The van der Waals surface area contributed by atoms with Crippen LogP contribution in [0, 0.1) is 0 Å². The number of carboxylic acid groups (broad SMARTS) is 1. The summed E-state index contributed by atoms with van der Waals surface area (Å²) in [5, 5.41) is 11.3. The van der Waals surface area contributed by atoms with Crippen LogP contribution in [0.3, 0.4) is 0 Å². The number of methoxy groups -OCH3 is 1. The number of esters is 1. The minimum Gasteiger partial charge on any atom is -0.481 e. The molecule has 0 unspecified atom stereocenters. The van der Waals surface area contributed by atoms with Gasteiger partial charge in [-0.2, -0.15) is 0 Å². The monoisotopic (exact) mass is 274 g/mol. The fraction of sp³-hybridized carbons (Fsp3) is 0.750. The fourth-order valence-electron chi connectivity index (χ4n) is 1.33. The van der Waals surface area contributed by atoms with Gasteiger partial charge < -0.3 is 20.1 Å². The molecule has 0 atom stereocenters. The second-order valence-corrected chi connectivity index (χ2v) is 4.96. The smallest absolute Gasteiger partial charge is 0.317 e. The molecule has 0 radical (unpaired) electrons. The van der Waals surface area contributed by atoms with Gasteiger partial charge in [-0.15, -0.1) is 0 Å². The highest BCUT2D eigenvalue weighted by atomic mass is 16.5. The molecule has 0 aliphatic rings. The first-order valence-electron chi connectivity index (χ1n) is 6.00. The summed E-state index contributed by atoms with van der Waals surface area (Å²) in [5.74, 6) is -1.29. The number of amides is 2. The van der Waals surface area contributed by atoms with Crippen molar-refractivity contribution in [1.29, 1.82) is 0 Å². The van der Waals surface area contributed by atoms with Crippen molar-refractivity contribution >= 4 is 18.0 Å². The highest BCUT2D eigenvalue weighted by molar-refractivity contribution is 5.76. The molecule has 0 saturated heterocycles. The number of nitrogens with one attached hydrogen (secondary N) is 1. The van der Waals surface area contributed by atoms with Gasteiger partial charge in [-0.25, -0.2) is 4.79 Å². The van der Waals surface area contributed by atoms with E-state index >= 15 is 0 Å². The lowest BCUT2D eigenvalue weighted by molar-refractivity contribution is -0.141. The number of urea groups is 1. The van der Waals surface area contributed by atoms with Crippen LogP contribution in [0.5, 0.6) is 0 Å². The largest absolute Gasteiger partial charge is 0.481 e. The normalized spacial score (nSPS) is 10.7. The maximum Gasteiger partial charge on any atom is 0.317 e. The number of carbonyl (C=O) groups excluding carboxylic acids is 2. The average molecular weight is 274 g/mol.